The minimum Gasteiger partial charge on any atom is -0.307 e. The van der Waals surface area contributed by atoms with E-state index in [0.717, 1.165) is 11.3 Å². The van der Waals surface area contributed by atoms with Crippen LogP contribution in [-0.4, -0.2) is 35.4 Å². The van der Waals surface area contributed by atoms with Crippen LogP contribution in [0.4, 0.5) is 5.82 Å². The first-order valence-electron chi connectivity index (χ1n) is 10.2. The maximum Gasteiger partial charge on any atom is 0.263 e. The van der Waals surface area contributed by atoms with Crippen molar-refractivity contribution in [1.82, 2.24) is 29.5 Å². The average Bonchev–Trinajstić information content (AvgIpc) is 3.42. The van der Waals surface area contributed by atoms with Crippen molar-refractivity contribution in [2.45, 2.75) is 6.92 Å². The van der Waals surface area contributed by atoms with Gasteiger partial charge in [0.25, 0.3) is 5.56 Å². The number of benzene rings is 2. The van der Waals surface area contributed by atoms with Crippen molar-refractivity contribution in [3.63, 3.8) is 0 Å². The second-order valence-corrected chi connectivity index (χ2v) is 7.33. The fourth-order valence-electron chi connectivity index (χ4n) is 3.42. The fraction of sp³-hybridized carbons (Fsp3) is 0.0417. The Morgan fingerprint density at radius 1 is 1.03 bits per heavy atom. The number of carbonyl (C=O) groups is 1. The number of carbonyl (C=O) groups excluding carboxylic acids is 1. The van der Waals surface area contributed by atoms with Crippen LogP contribution in [0.25, 0.3) is 28.7 Å². The topological polar surface area (TPSA) is 110 Å². The van der Waals surface area contributed by atoms with Crippen LogP contribution in [0, 0.1) is 6.92 Å². The van der Waals surface area contributed by atoms with Gasteiger partial charge < -0.3 is 5.32 Å². The molecule has 2 aromatic carbocycles. The number of fused-ring (bicyclic) bond motifs is 1. The molecule has 0 atom stereocenters. The molecule has 5 rings (SSSR count). The molecule has 3 aromatic heterocycles. The SMILES string of the molecule is Cc1cc(NC(=O)/C=C\c2ccccc2)n(-c2nc3c(cnn3-c3ccccc3)c(=O)[nH]2)n1. The van der Waals surface area contributed by atoms with Crippen molar-refractivity contribution in [2.75, 3.05) is 5.32 Å². The Kier molecular flexibility index (Phi) is 5.12. The van der Waals surface area contributed by atoms with E-state index >= 15 is 0 Å². The minimum absolute atomic E-state index is 0.167. The molecule has 0 aliphatic rings. The Labute approximate surface area is 188 Å². The lowest BCUT2D eigenvalue weighted by Gasteiger charge is -2.08. The zero-order valence-corrected chi connectivity index (χ0v) is 17.6. The Morgan fingerprint density at radius 3 is 2.52 bits per heavy atom. The van der Waals surface area contributed by atoms with Crippen molar-refractivity contribution in [1.29, 1.82) is 0 Å². The molecule has 0 bridgehead atoms. The molecule has 9 heteroatoms. The zero-order chi connectivity index (χ0) is 22.8. The average molecular weight is 437 g/mol. The highest BCUT2D eigenvalue weighted by Gasteiger charge is 2.16. The monoisotopic (exact) mass is 437 g/mol. The number of aryl methyl sites for hydroxylation is 1. The summed E-state index contributed by atoms with van der Waals surface area (Å²) < 4.78 is 2.98. The first-order chi connectivity index (χ1) is 16.1. The highest BCUT2D eigenvalue weighted by atomic mass is 16.1. The summed E-state index contributed by atoms with van der Waals surface area (Å²) in [4.78, 5) is 32.6. The number of amides is 1. The van der Waals surface area contributed by atoms with Crippen LogP contribution >= 0.6 is 0 Å². The summed E-state index contributed by atoms with van der Waals surface area (Å²) in [6, 6.07) is 20.6. The van der Waals surface area contributed by atoms with Gasteiger partial charge in [0.2, 0.25) is 11.9 Å². The third-order valence-corrected chi connectivity index (χ3v) is 4.94. The van der Waals surface area contributed by atoms with E-state index in [2.05, 4.69) is 25.5 Å². The van der Waals surface area contributed by atoms with Crippen molar-refractivity contribution in [2.24, 2.45) is 0 Å². The van der Waals surface area contributed by atoms with Crippen LogP contribution in [0.1, 0.15) is 11.3 Å². The van der Waals surface area contributed by atoms with E-state index in [1.165, 1.54) is 17.0 Å². The molecular formula is C24H19N7O2. The van der Waals surface area contributed by atoms with Gasteiger partial charge in [-0.15, -0.1) is 0 Å². The van der Waals surface area contributed by atoms with Crippen LogP contribution in [0.3, 0.4) is 0 Å². The summed E-state index contributed by atoms with van der Waals surface area (Å²) in [5.41, 5.74) is 2.35. The zero-order valence-electron chi connectivity index (χ0n) is 17.6. The van der Waals surface area contributed by atoms with Crippen molar-refractivity contribution in [3.8, 4) is 11.6 Å². The molecule has 0 unspecified atom stereocenters. The van der Waals surface area contributed by atoms with Crippen molar-refractivity contribution < 1.29 is 4.79 Å². The minimum atomic E-state index is -0.355. The molecule has 0 saturated heterocycles. The molecule has 9 nitrogen and oxygen atoms in total. The maximum atomic E-state index is 12.7. The number of anilines is 1. The molecule has 0 radical (unpaired) electrons. The molecule has 1 amide bonds. The predicted molar refractivity (Wildman–Crippen MR) is 125 cm³/mol. The highest BCUT2D eigenvalue weighted by Crippen LogP contribution is 2.18. The lowest BCUT2D eigenvalue weighted by molar-refractivity contribution is -0.111. The summed E-state index contributed by atoms with van der Waals surface area (Å²) in [7, 11) is 0. The summed E-state index contributed by atoms with van der Waals surface area (Å²) in [6.07, 6.45) is 4.63. The summed E-state index contributed by atoms with van der Waals surface area (Å²) >= 11 is 0. The van der Waals surface area contributed by atoms with Crippen LogP contribution in [0.15, 0.2) is 83.8 Å². The summed E-state index contributed by atoms with van der Waals surface area (Å²) in [6.45, 7) is 1.79. The van der Waals surface area contributed by atoms with Gasteiger partial charge in [0, 0.05) is 12.1 Å². The van der Waals surface area contributed by atoms with Gasteiger partial charge in [0.05, 0.1) is 17.6 Å². The van der Waals surface area contributed by atoms with Gasteiger partial charge in [-0.1, -0.05) is 48.5 Å². The molecule has 0 spiro atoms. The smallest absolute Gasteiger partial charge is 0.263 e. The number of nitrogens with one attached hydrogen (secondary N) is 2. The molecule has 0 saturated carbocycles. The molecule has 33 heavy (non-hydrogen) atoms. The Morgan fingerprint density at radius 2 is 1.76 bits per heavy atom. The lowest BCUT2D eigenvalue weighted by atomic mass is 10.2. The number of nitrogens with zero attached hydrogens (tertiary/aromatic N) is 5. The first-order valence-corrected chi connectivity index (χ1v) is 10.2. The molecule has 0 aliphatic heterocycles. The van der Waals surface area contributed by atoms with Crippen LogP contribution < -0.4 is 10.9 Å². The third-order valence-electron chi connectivity index (χ3n) is 4.94. The molecule has 162 valence electrons. The first kappa shape index (κ1) is 20.1. The molecule has 0 aliphatic carbocycles. The van der Waals surface area contributed by atoms with Gasteiger partial charge in [-0.05, 0) is 30.7 Å². The van der Waals surface area contributed by atoms with Crippen molar-refractivity contribution >= 4 is 28.8 Å². The Balaban J connectivity index is 1.51. The van der Waals surface area contributed by atoms with E-state index in [9.17, 15) is 9.59 Å². The lowest BCUT2D eigenvalue weighted by Crippen LogP contribution is -2.18. The van der Waals surface area contributed by atoms with Gasteiger partial charge in [0.15, 0.2) is 5.65 Å². The second kappa shape index (κ2) is 8.39. The normalized spacial score (nSPS) is 11.3. The van der Waals surface area contributed by atoms with Gasteiger partial charge in [-0.2, -0.15) is 19.9 Å². The largest absolute Gasteiger partial charge is 0.307 e. The van der Waals surface area contributed by atoms with E-state index < -0.39 is 0 Å². The predicted octanol–water partition coefficient (Wildman–Crippen LogP) is 3.25. The van der Waals surface area contributed by atoms with Crippen molar-refractivity contribution in [3.05, 3.63) is 101 Å². The number of aromatic nitrogens is 6. The van der Waals surface area contributed by atoms with Gasteiger partial charge in [-0.3, -0.25) is 14.6 Å². The molecular weight excluding hydrogens is 418 g/mol. The van der Waals surface area contributed by atoms with E-state index in [4.69, 9.17) is 0 Å². The molecule has 5 aromatic rings. The van der Waals surface area contributed by atoms with Gasteiger partial charge in [-0.25, -0.2) is 4.68 Å². The standard InChI is InChI=1S/C24H19N7O2/c1-16-14-20(26-21(32)13-12-17-8-4-2-5-9-17)31(29-16)24-27-22-19(23(33)28-24)15-25-30(22)18-10-6-3-7-11-18/h2-15H,1H3,(H,26,32)(H,27,28,33)/b13-12-. The summed E-state index contributed by atoms with van der Waals surface area (Å²) in [5, 5.41) is 11.9. The Bertz CT molecular complexity index is 1530. The maximum absolute atomic E-state index is 12.7. The van der Waals surface area contributed by atoms with Gasteiger partial charge >= 0.3 is 0 Å². The van der Waals surface area contributed by atoms with Gasteiger partial charge in [0.1, 0.15) is 11.2 Å². The number of rotatable bonds is 5. The number of hydrogen-bond donors (Lipinski definition) is 2. The fourth-order valence-corrected chi connectivity index (χ4v) is 3.42. The van der Waals surface area contributed by atoms with E-state index in [1.807, 2.05) is 60.7 Å². The summed E-state index contributed by atoms with van der Waals surface area (Å²) in [5.74, 6) is 0.210. The molecule has 0 fully saturated rings. The van der Waals surface area contributed by atoms with E-state index in [1.54, 1.807) is 23.7 Å². The van der Waals surface area contributed by atoms with Crippen LogP contribution in [0.2, 0.25) is 0 Å². The number of H-pyrrole nitrogens is 1. The van der Waals surface area contributed by atoms with Crippen LogP contribution in [-0.2, 0) is 4.79 Å². The quantitative estimate of drug-likeness (QED) is 0.410. The third kappa shape index (κ3) is 4.07. The van der Waals surface area contributed by atoms with E-state index in [0.29, 0.717) is 22.5 Å². The van der Waals surface area contributed by atoms with E-state index in [-0.39, 0.29) is 17.4 Å². The number of hydrogen-bond acceptors (Lipinski definition) is 5. The highest BCUT2D eigenvalue weighted by molar-refractivity contribution is 6.01. The van der Waals surface area contributed by atoms with Crippen LogP contribution in [0.5, 0.6) is 0 Å². The Hall–Kier alpha value is -4.79. The second-order valence-electron chi connectivity index (χ2n) is 7.33. The molecule has 2 N–H and O–H groups in total. The molecule has 3 heterocycles. The number of aromatic amines is 1. The number of para-hydroxylation sites is 1.